The number of carbonyl (C=O) groups excluding carboxylic acids is 2. The SMILES string of the molecule is Cc1ccc(NC(=O)CN(C)C(=O)CSc2nc3ccc(Cl)cc3[nH]2)cc1. The molecule has 3 rings (SSSR count). The fourth-order valence-electron chi connectivity index (χ4n) is 2.41. The number of amides is 2. The van der Waals surface area contributed by atoms with Crippen molar-refractivity contribution in [2.75, 3.05) is 24.7 Å². The number of aryl methyl sites for hydroxylation is 1. The predicted octanol–water partition coefficient (Wildman–Crippen LogP) is 3.71. The van der Waals surface area contributed by atoms with Gasteiger partial charge >= 0.3 is 0 Å². The summed E-state index contributed by atoms with van der Waals surface area (Å²) in [6.07, 6.45) is 0. The maximum Gasteiger partial charge on any atom is 0.243 e. The summed E-state index contributed by atoms with van der Waals surface area (Å²) in [5.74, 6) is -0.211. The molecule has 0 aliphatic rings. The van der Waals surface area contributed by atoms with Crippen LogP contribution in [0.1, 0.15) is 5.56 Å². The van der Waals surface area contributed by atoms with Crippen molar-refractivity contribution in [2.45, 2.75) is 12.1 Å². The number of aromatic nitrogens is 2. The van der Waals surface area contributed by atoms with E-state index in [1.807, 2.05) is 37.3 Å². The molecule has 0 atom stereocenters. The number of aromatic amines is 1. The number of fused-ring (bicyclic) bond motifs is 1. The van der Waals surface area contributed by atoms with E-state index in [2.05, 4.69) is 15.3 Å². The monoisotopic (exact) mass is 402 g/mol. The minimum absolute atomic E-state index is 0.0109. The number of rotatable bonds is 6. The van der Waals surface area contributed by atoms with Crippen LogP contribution in [0.3, 0.4) is 0 Å². The minimum Gasteiger partial charge on any atom is -0.336 e. The highest BCUT2D eigenvalue weighted by molar-refractivity contribution is 7.99. The Labute approximate surface area is 166 Å². The molecule has 27 heavy (non-hydrogen) atoms. The lowest BCUT2D eigenvalue weighted by Gasteiger charge is -2.16. The molecule has 140 valence electrons. The van der Waals surface area contributed by atoms with E-state index in [4.69, 9.17) is 11.6 Å². The summed E-state index contributed by atoms with van der Waals surface area (Å²) < 4.78 is 0. The first-order valence-corrected chi connectivity index (χ1v) is 9.65. The van der Waals surface area contributed by atoms with E-state index in [1.54, 1.807) is 19.2 Å². The first kappa shape index (κ1) is 19.3. The average molecular weight is 403 g/mol. The Hall–Kier alpha value is -2.51. The van der Waals surface area contributed by atoms with E-state index in [1.165, 1.54) is 16.7 Å². The van der Waals surface area contributed by atoms with Gasteiger partial charge < -0.3 is 15.2 Å². The number of thioether (sulfide) groups is 1. The summed E-state index contributed by atoms with van der Waals surface area (Å²) >= 11 is 7.25. The second-order valence-corrected chi connectivity index (χ2v) is 7.56. The van der Waals surface area contributed by atoms with Crippen LogP contribution in [0.5, 0.6) is 0 Å². The molecule has 1 aromatic heterocycles. The number of nitrogens with zero attached hydrogens (tertiary/aromatic N) is 2. The third kappa shape index (κ3) is 5.24. The summed E-state index contributed by atoms with van der Waals surface area (Å²) in [7, 11) is 1.61. The Morgan fingerprint density at radius 2 is 1.96 bits per heavy atom. The lowest BCUT2D eigenvalue weighted by molar-refractivity contribution is -0.131. The van der Waals surface area contributed by atoms with Crippen molar-refractivity contribution in [1.29, 1.82) is 0 Å². The predicted molar refractivity (Wildman–Crippen MR) is 109 cm³/mol. The van der Waals surface area contributed by atoms with Gasteiger partial charge in [0.05, 0.1) is 23.3 Å². The first-order chi connectivity index (χ1) is 12.9. The maximum absolute atomic E-state index is 12.3. The Bertz CT molecular complexity index is 972. The molecule has 0 spiro atoms. The van der Waals surface area contributed by atoms with Crippen LogP contribution in [0.25, 0.3) is 11.0 Å². The molecule has 2 aromatic carbocycles. The summed E-state index contributed by atoms with van der Waals surface area (Å²) in [6.45, 7) is 1.97. The fourth-order valence-corrected chi connectivity index (χ4v) is 3.41. The highest BCUT2D eigenvalue weighted by Gasteiger charge is 2.14. The number of anilines is 1. The van der Waals surface area contributed by atoms with Crippen LogP contribution in [0.4, 0.5) is 5.69 Å². The number of nitrogens with one attached hydrogen (secondary N) is 2. The normalized spacial score (nSPS) is 10.8. The molecule has 8 heteroatoms. The molecule has 2 amide bonds. The number of likely N-dealkylation sites (N-methyl/N-ethyl adjacent to an activating group) is 1. The van der Waals surface area contributed by atoms with E-state index in [0.717, 1.165) is 16.6 Å². The fraction of sp³-hybridized carbons (Fsp3) is 0.211. The van der Waals surface area contributed by atoms with Crippen LogP contribution >= 0.6 is 23.4 Å². The summed E-state index contributed by atoms with van der Waals surface area (Å²) in [5, 5.41) is 4.04. The van der Waals surface area contributed by atoms with Crippen molar-refractivity contribution in [3.05, 3.63) is 53.1 Å². The van der Waals surface area contributed by atoms with Gasteiger partial charge in [0.15, 0.2) is 5.16 Å². The van der Waals surface area contributed by atoms with Crippen molar-refractivity contribution in [1.82, 2.24) is 14.9 Å². The number of H-pyrrole nitrogens is 1. The largest absolute Gasteiger partial charge is 0.336 e. The van der Waals surface area contributed by atoms with Gasteiger partial charge in [-0.1, -0.05) is 41.1 Å². The Morgan fingerprint density at radius 3 is 2.70 bits per heavy atom. The molecule has 0 fully saturated rings. The standard InChI is InChI=1S/C19H19ClN4O2S/c1-12-3-6-14(7-4-12)21-17(25)10-24(2)18(26)11-27-19-22-15-8-5-13(20)9-16(15)23-19/h3-9H,10-11H2,1-2H3,(H,21,25)(H,22,23). The molecular formula is C19H19ClN4O2S. The summed E-state index contributed by atoms with van der Waals surface area (Å²) in [4.78, 5) is 33.3. The zero-order valence-corrected chi connectivity index (χ0v) is 16.5. The van der Waals surface area contributed by atoms with Crippen molar-refractivity contribution in [2.24, 2.45) is 0 Å². The van der Waals surface area contributed by atoms with Gasteiger partial charge in [0.2, 0.25) is 11.8 Å². The van der Waals surface area contributed by atoms with Crippen LogP contribution in [0.2, 0.25) is 5.02 Å². The molecule has 0 bridgehead atoms. The van der Waals surface area contributed by atoms with E-state index in [9.17, 15) is 9.59 Å². The highest BCUT2D eigenvalue weighted by Crippen LogP contribution is 2.22. The molecule has 0 aliphatic heterocycles. The Morgan fingerprint density at radius 1 is 1.22 bits per heavy atom. The zero-order valence-electron chi connectivity index (χ0n) is 15.0. The third-order valence-electron chi connectivity index (χ3n) is 3.90. The lowest BCUT2D eigenvalue weighted by atomic mass is 10.2. The first-order valence-electron chi connectivity index (χ1n) is 8.29. The molecule has 6 nitrogen and oxygen atoms in total. The number of halogens is 1. The Kier molecular flexibility index (Phi) is 6.03. The minimum atomic E-state index is -0.238. The van der Waals surface area contributed by atoms with Gasteiger partial charge in [-0.3, -0.25) is 9.59 Å². The van der Waals surface area contributed by atoms with Crippen LogP contribution in [-0.2, 0) is 9.59 Å². The zero-order chi connectivity index (χ0) is 19.4. The number of imidazole rings is 1. The molecule has 0 saturated carbocycles. The number of hydrogen-bond donors (Lipinski definition) is 2. The van der Waals surface area contributed by atoms with Crippen LogP contribution in [0, 0.1) is 6.92 Å². The molecule has 0 aliphatic carbocycles. The van der Waals surface area contributed by atoms with Crippen molar-refractivity contribution in [3.8, 4) is 0 Å². The Balaban J connectivity index is 1.50. The molecule has 0 unspecified atom stereocenters. The number of hydrogen-bond acceptors (Lipinski definition) is 4. The quantitative estimate of drug-likeness (QED) is 0.616. The van der Waals surface area contributed by atoms with Crippen molar-refractivity contribution in [3.63, 3.8) is 0 Å². The van der Waals surface area contributed by atoms with E-state index in [-0.39, 0.29) is 24.1 Å². The van der Waals surface area contributed by atoms with Gasteiger partial charge in [-0.2, -0.15) is 0 Å². The summed E-state index contributed by atoms with van der Waals surface area (Å²) in [6, 6.07) is 12.9. The smallest absolute Gasteiger partial charge is 0.243 e. The van der Waals surface area contributed by atoms with Crippen LogP contribution in [-0.4, -0.2) is 46.0 Å². The summed E-state index contributed by atoms with van der Waals surface area (Å²) in [5.41, 5.74) is 3.44. The van der Waals surface area contributed by atoms with Crippen LogP contribution < -0.4 is 5.32 Å². The van der Waals surface area contributed by atoms with Crippen molar-refractivity contribution >= 4 is 51.9 Å². The van der Waals surface area contributed by atoms with Gasteiger partial charge in [0.1, 0.15) is 0 Å². The molecule has 2 N–H and O–H groups in total. The molecular weight excluding hydrogens is 384 g/mol. The molecule has 1 heterocycles. The topological polar surface area (TPSA) is 78.1 Å². The van der Waals surface area contributed by atoms with Gasteiger partial charge in [-0.05, 0) is 37.3 Å². The van der Waals surface area contributed by atoms with Crippen molar-refractivity contribution < 1.29 is 9.59 Å². The van der Waals surface area contributed by atoms with Crippen LogP contribution in [0.15, 0.2) is 47.6 Å². The van der Waals surface area contributed by atoms with Gasteiger partial charge in [-0.25, -0.2) is 4.98 Å². The van der Waals surface area contributed by atoms with E-state index < -0.39 is 0 Å². The lowest BCUT2D eigenvalue weighted by Crippen LogP contribution is -2.35. The van der Waals surface area contributed by atoms with E-state index >= 15 is 0 Å². The van der Waals surface area contributed by atoms with Gasteiger partial charge in [0, 0.05) is 17.8 Å². The van der Waals surface area contributed by atoms with Gasteiger partial charge in [0.25, 0.3) is 0 Å². The molecule has 0 radical (unpaired) electrons. The third-order valence-corrected chi connectivity index (χ3v) is 4.99. The number of carbonyl (C=O) groups is 2. The van der Waals surface area contributed by atoms with Gasteiger partial charge in [-0.15, -0.1) is 0 Å². The molecule has 0 saturated heterocycles. The second kappa shape index (κ2) is 8.45. The second-order valence-electron chi connectivity index (χ2n) is 6.16. The van der Waals surface area contributed by atoms with E-state index in [0.29, 0.717) is 15.9 Å². The average Bonchev–Trinajstić information content (AvgIpc) is 3.03. The number of benzene rings is 2. The highest BCUT2D eigenvalue weighted by atomic mass is 35.5. The molecule has 3 aromatic rings. The maximum atomic E-state index is 12.3.